The van der Waals surface area contributed by atoms with Crippen molar-refractivity contribution in [2.45, 2.75) is 32.9 Å². The van der Waals surface area contributed by atoms with Gasteiger partial charge in [-0.15, -0.1) is 0 Å². The number of nitrogens with two attached hydrogens (primary N) is 1. The van der Waals surface area contributed by atoms with Gasteiger partial charge in [0.2, 0.25) is 0 Å². The molecule has 0 aliphatic heterocycles. The van der Waals surface area contributed by atoms with Crippen LogP contribution < -0.4 is 5.73 Å². The van der Waals surface area contributed by atoms with Gasteiger partial charge in [-0.3, -0.25) is 0 Å². The molecule has 0 aromatic heterocycles. The van der Waals surface area contributed by atoms with Crippen LogP contribution in [0.2, 0.25) is 0 Å². The zero-order valence-electron chi connectivity index (χ0n) is 11.2. The summed E-state index contributed by atoms with van der Waals surface area (Å²) in [5.41, 5.74) is 5.93. The van der Waals surface area contributed by atoms with Crippen LogP contribution in [0.15, 0.2) is 18.2 Å². The normalized spacial score (nSPS) is 11.1. The molecule has 1 aromatic carbocycles. The molecule has 3 N–H and O–H groups in total. The molecule has 1 amide bonds. The summed E-state index contributed by atoms with van der Waals surface area (Å²) < 4.78 is 5.22. The number of para-hydroxylation sites is 1. The molecule has 5 nitrogen and oxygen atoms in total. The van der Waals surface area contributed by atoms with Gasteiger partial charge in [-0.25, -0.2) is 4.79 Å². The number of phenols is 1. The van der Waals surface area contributed by atoms with Gasteiger partial charge in [0.25, 0.3) is 0 Å². The summed E-state index contributed by atoms with van der Waals surface area (Å²) >= 11 is 0. The Morgan fingerprint density at radius 3 is 2.61 bits per heavy atom. The van der Waals surface area contributed by atoms with E-state index in [1.54, 1.807) is 46.0 Å². The van der Waals surface area contributed by atoms with Crippen molar-refractivity contribution < 1.29 is 14.6 Å². The van der Waals surface area contributed by atoms with Crippen LogP contribution in [0.5, 0.6) is 5.75 Å². The second-order valence-electron chi connectivity index (χ2n) is 5.19. The summed E-state index contributed by atoms with van der Waals surface area (Å²) in [4.78, 5) is 13.1. The Morgan fingerprint density at radius 2 is 2.06 bits per heavy atom. The summed E-state index contributed by atoms with van der Waals surface area (Å²) in [6.45, 7) is 5.65. The van der Waals surface area contributed by atoms with Gasteiger partial charge in [0.05, 0.1) is 12.2 Å². The maximum Gasteiger partial charge on any atom is 0.410 e. The number of phenolic OH excluding ortho intramolecular Hbond substituents is 1. The van der Waals surface area contributed by atoms with Gasteiger partial charge in [-0.05, 0) is 26.8 Å². The lowest BCUT2D eigenvalue weighted by molar-refractivity contribution is 0.0284. The summed E-state index contributed by atoms with van der Waals surface area (Å²) in [6.07, 6.45) is -0.440. The van der Waals surface area contributed by atoms with E-state index in [2.05, 4.69) is 0 Å². The second-order valence-corrected chi connectivity index (χ2v) is 5.19. The number of rotatable bonds is 2. The van der Waals surface area contributed by atoms with Crippen molar-refractivity contribution in [3.8, 4) is 5.75 Å². The van der Waals surface area contributed by atoms with Crippen LogP contribution in [-0.2, 0) is 11.3 Å². The van der Waals surface area contributed by atoms with E-state index in [1.807, 2.05) is 0 Å². The van der Waals surface area contributed by atoms with E-state index in [0.717, 1.165) is 0 Å². The zero-order valence-corrected chi connectivity index (χ0v) is 11.2. The number of nitrogen functional groups attached to an aromatic ring is 1. The molecule has 0 bridgehead atoms. The molecule has 0 heterocycles. The molecule has 0 radical (unpaired) electrons. The molecule has 0 saturated carbocycles. The van der Waals surface area contributed by atoms with Crippen molar-refractivity contribution in [1.82, 2.24) is 4.90 Å². The van der Waals surface area contributed by atoms with E-state index < -0.39 is 11.7 Å². The lowest BCUT2D eigenvalue weighted by Crippen LogP contribution is -2.33. The highest BCUT2D eigenvalue weighted by atomic mass is 16.6. The van der Waals surface area contributed by atoms with Crippen LogP contribution in [0, 0.1) is 0 Å². The maximum atomic E-state index is 11.8. The summed E-state index contributed by atoms with van der Waals surface area (Å²) in [5, 5.41) is 9.76. The van der Waals surface area contributed by atoms with Crippen molar-refractivity contribution in [1.29, 1.82) is 0 Å². The molecule has 0 saturated heterocycles. The number of ether oxygens (including phenoxy) is 1. The standard InChI is InChI=1S/C13H20N2O3/c1-13(2,3)18-12(17)15(4)8-9-6-5-7-10(14)11(9)16/h5-7,16H,8,14H2,1-4H3. The predicted molar refractivity (Wildman–Crippen MR) is 70.2 cm³/mol. The molecule has 5 heteroatoms. The molecule has 0 aliphatic rings. The van der Waals surface area contributed by atoms with E-state index in [9.17, 15) is 9.90 Å². The SMILES string of the molecule is CN(Cc1cccc(N)c1O)C(=O)OC(C)(C)C. The minimum Gasteiger partial charge on any atom is -0.505 e. The third-order valence-electron chi connectivity index (χ3n) is 2.26. The molecule has 1 aromatic rings. The molecule has 0 fully saturated rings. The molecular formula is C13H20N2O3. The van der Waals surface area contributed by atoms with Crippen LogP contribution in [0.25, 0.3) is 0 Å². The van der Waals surface area contributed by atoms with Crippen LogP contribution >= 0.6 is 0 Å². The van der Waals surface area contributed by atoms with Crippen molar-refractivity contribution in [3.63, 3.8) is 0 Å². The van der Waals surface area contributed by atoms with Crippen molar-refractivity contribution in [3.05, 3.63) is 23.8 Å². The molecule has 100 valence electrons. The highest BCUT2D eigenvalue weighted by molar-refractivity contribution is 5.68. The minimum absolute atomic E-state index is 0.00732. The first-order valence-corrected chi connectivity index (χ1v) is 5.71. The van der Waals surface area contributed by atoms with Gasteiger partial charge in [-0.2, -0.15) is 0 Å². The molecule has 0 aliphatic carbocycles. The summed E-state index contributed by atoms with van der Waals surface area (Å²) in [5.74, 6) is 0.00732. The minimum atomic E-state index is -0.539. The number of carbonyl (C=O) groups is 1. The highest BCUT2D eigenvalue weighted by Crippen LogP contribution is 2.25. The number of anilines is 1. The lowest BCUT2D eigenvalue weighted by atomic mass is 10.1. The zero-order chi connectivity index (χ0) is 13.9. The molecule has 0 spiro atoms. The predicted octanol–water partition coefficient (Wildman–Crippen LogP) is 2.34. The first-order chi connectivity index (χ1) is 8.20. The Labute approximate surface area is 107 Å². The van der Waals surface area contributed by atoms with Gasteiger partial charge in [0, 0.05) is 12.6 Å². The second kappa shape index (κ2) is 5.16. The largest absolute Gasteiger partial charge is 0.505 e. The number of hydrogen-bond donors (Lipinski definition) is 2. The first-order valence-electron chi connectivity index (χ1n) is 5.71. The number of carbonyl (C=O) groups excluding carboxylic acids is 1. The first kappa shape index (κ1) is 14.2. The fourth-order valence-electron chi connectivity index (χ4n) is 1.40. The number of aromatic hydroxyl groups is 1. The lowest BCUT2D eigenvalue weighted by Gasteiger charge is -2.25. The van der Waals surface area contributed by atoms with Crippen LogP contribution in [-0.4, -0.2) is 28.7 Å². The van der Waals surface area contributed by atoms with Crippen molar-refractivity contribution in [2.24, 2.45) is 0 Å². The third kappa shape index (κ3) is 3.84. The summed E-state index contributed by atoms with van der Waals surface area (Å²) in [6, 6.07) is 5.05. The molecule has 1 rings (SSSR count). The average molecular weight is 252 g/mol. The van der Waals surface area contributed by atoms with Crippen LogP contribution in [0.4, 0.5) is 10.5 Å². The Balaban J connectivity index is 2.73. The van der Waals surface area contributed by atoms with E-state index in [-0.39, 0.29) is 12.3 Å². The number of hydrogen-bond acceptors (Lipinski definition) is 4. The average Bonchev–Trinajstić information content (AvgIpc) is 2.22. The molecule has 0 unspecified atom stereocenters. The van der Waals surface area contributed by atoms with Crippen LogP contribution in [0.1, 0.15) is 26.3 Å². The Bertz CT molecular complexity index is 438. The summed E-state index contributed by atoms with van der Waals surface area (Å²) in [7, 11) is 1.61. The van der Waals surface area contributed by atoms with E-state index in [1.165, 1.54) is 4.90 Å². The maximum absolute atomic E-state index is 11.8. The smallest absolute Gasteiger partial charge is 0.410 e. The highest BCUT2D eigenvalue weighted by Gasteiger charge is 2.20. The Morgan fingerprint density at radius 1 is 1.44 bits per heavy atom. The fourth-order valence-corrected chi connectivity index (χ4v) is 1.40. The fraction of sp³-hybridized carbons (Fsp3) is 0.462. The molecule has 18 heavy (non-hydrogen) atoms. The number of benzene rings is 1. The van der Waals surface area contributed by atoms with Crippen molar-refractivity contribution in [2.75, 3.05) is 12.8 Å². The Hall–Kier alpha value is -1.91. The number of nitrogens with zero attached hydrogens (tertiary/aromatic N) is 1. The van der Waals surface area contributed by atoms with Gasteiger partial charge in [-0.1, -0.05) is 12.1 Å². The van der Waals surface area contributed by atoms with Gasteiger partial charge in [0.1, 0.15) is 11.4 Å². The third-order valence-corrected chi connectivity index (χ3v) is 2.26. The van der Waals surface area contributed by atoms with Gasteiger partial charge in [0.15, 0.2) is 0 Å². The van der Waals surface area contributed by atoms with Crippen molar-refractivity contribution >= 4 is 11.8 Å². The van der Waals surface area contributed by atoms with E-state index in [0.29, 0.717) is 11.3 Å². The number of amides is 1. The van der Waals surface area contributed by atoms with Gasteiger partial charge >= 0.3 is 6.09 Å². The topological polar surface area (TPSA) is 75.8 Å². The monoisotopic (exact) mass is 252 g/mol. The van der Waals surface area contributed by atoms with Gasteiger partial charge < -0.3 is 20.5 Å². The molecular weight excluding hydrogens is 232 g/mol. The Kier molecular flexibility index (Phi) is 4.06. The van der Waals surface area contributed by atoms with E-state index in [4.69, 9.17) is 10.5 Å². The van der Waals surface area contributed by atoms with Crippen LogP contribution in [0.3, 0.4) is 0 Å². The molecule has 0 atom stereocenters. The quantitative estimate of drug-likeness (QED) is 0.625. The van der Waals surface area contributed by atoms with E-state index >= 15 is 0 Å².